The predicted octanol–water partition coefficient (Wildman–Crippen LogP) is 2.43. The third-order valence-electron chi connectivity index (χ3n) is 2.83. The van der Waals surface area contributed by atoms with Gasteiger partial charge in [0.15, 0.2) is 0 Å². The number of hydrogen-bond donors (Lipinski definition) is 2. The van der Waals surface area contributed by atoms with E-state index in [1.165, 1.54) is 12.3 Å². The third kappa shape index (κ3) is 3.77. The van der Waals surface area contributed by atoms with Crippen molar-refractivity contribution < 1.29 is 9.50 Å². The summed E-state index contributed by atoms with van der Waals surface area (Å²) in [6.45, 7) is 4.56. The number of anilines is 1. The monoisotopic (exact) mass is 226 g/mol. The summed E-state index contributed by atoms with van der Waals surface area (Å²) >= 11 is 0. The molecule has 0 aliphatic heterocycles. The first-order valence-electron chi connectivity index (χ1n) is 5.70. The number of nitrogens with one attached hydrogen (secondary N) is 1. The normalized spacial score (nSPS) is 12.8. The van der Waals surface area contributed by atoms with Crippen molar-refractivity contribution in [3.63, 3.8) is 0 Å². The molecule has 4 heteroatoms. The predicted molar refractivity (Wildman–Crippen MR) is 62.8 cm³/mol. The van der Waals surface area contributed by atoms with Crippen molar-refractivity contribution in [1.82, 2.24) is 4.98 Å². The van der Waals surface area contributed by atoms with Crippen LogP contribution in [0.15, 0.2) is 18.3 Å². The van der Waals surface area contributed by atoms with E-state index < -0.39 is 12.1 Å². The van der Waals surface area contributed by atoms with Crippen LogP contribution in [0.5, 0.6) is 0 Å². The molecule has 0 spiro atoms. The summed E-state index contributed by atoms with van der Waals surface area (Å²) in [5.74, 6) is -0.221. The van der Waals surface area contributed by atoms with E-state index in [1.807, 2.05) is 0 Å². The van der Waals surface area contributed by atoms with Crippen LogP contribution in [0.4, 0.5) is 10.1 Å². The minimum absolute atomic E-state index is 0.291. The fraction of sp³-hybridized carbons (Fsp3) is 0.583. The molecule has 0 aliphatic carbocycles. The highest BCUT2D eigenvalue weighted by Gasteiger charge is 2.14. The maximum absolute atomic E-state index is 12.8. The molecule has 0 amide bonds. The second-order valence-corrected chi connectivity index (χ2v) is 3.89. The van der Waals surface area contributed by atoms with Crippen LogP contribution in [0.3, 0.4) is 0 Å². The number of rotatable bonds is 6. The van der Waals surface area contributed by atoms with Gasteiger partial charge in [0, 0.05) is 24.5 Å². The van der Waals surface area contributed by atoms with Crippen LogP contribution in [0.25, 0.3) is 0 Å². The lowest BCUT2D eigenvalue weighted by Crippen LogP contribution is -2.27. The zero-order valence-electron chi connectivity index (χ0n) is 9.78. The lowest BCUT2D eigenvalue weighted by molar-refractivity contribution is 0.114. The summed E-state index contributed by atoms with van der Waals surface area (Å²) < 4.78 is 12.8. The van der Waals surface area contributed by atoms with Crippen molar-refractivity contribution in [2.75, 3.05) is 11.9 Å². The molecule has 1 unspecified atom stereocenters. The van der Waals surface area contributed by atoms with Crippen molar-refractivity contribution in [2.24, 2.45) is 5.92 Å². The summed E-state index contributed by atoms with van der Waals surface area (Å²) in [4.78, 5) is 3.47. The Morgan fingerprint density at radius 2 is 2.12 bits per heavy atom. The number of aliphatic hydroxyl groups excluding tert-OH is 1. The second kappa shape index (κ2) is 6.43. The molecule has 1 atom stereocenters. The number of aliphatic hydroxyl groups is 1. The number of nitrogens with zero attached hydrogens (tertiary/aromatic N) is 1. The minimum atomic E-state index is -0.512. The van der Waals surface area contributed by atoms with Gasteiger partial charge in [0.2, 0.25) is 5.95 Å². The summed E-state index contributed by atoms with van der Waals surface area (Å²) in [6, 6.07) is 3.00. The Morgan fingerprint density at radius 3 is 2.69 bits per heavy atom. The Bertz CT molecular complexity index is 316. The Balaban J connectivity index is 2.45. The molecule has 2 N–H and O–H groups in total. The Labute approximate surface area is 95.7 Å². The molecule has 0 radical (unpaired) electrons. The van der Waals surface area contributed by atoms with Crippen LogP contribution >= 0.6 is 0 Å². The van der Waals surface area contributed by atoms with Gasteiger partial charge in [0.25, 0.3) is 0 Å². The van der Waals surface area contributed by atoms with Gasteiger partial charge in [-0.05, 0) is 12.0 Å². The highest BCUT2D eigenvalue weighted by Crippen LogP contribution is 2.14. The van der Waals surface area contributed by atoms with Crippen LogP contribution in [0, 0.1) is 11.9 Å². The SMILES string of the molecule is CCC(CC)C(O)CNc1ccnc(F)c1. The average molecular weight is 226 g/mol. The van der Waals surface area contributed by atoms with Crippen molar-refractivity contribution in [3.05, 3.63) is 24.3 Å². The largest absolute Gasteiger partial charge is 0.391 e. The van der Waals surface area contributed by atoms with E-state index in [0.717, 1.165) is 12.8 Å². The smallest absolute Gasteiger partial charge is 0.214 e. The van der Waals surface area contributed by atoms with Gasteiger partial charge in [0.1, 0.15) is 0 Å². The molecular weight excluding hydrogens is 207 g/mol. The van der Waals surface area contributed by atoms with Crippen LogP contribution < -0.4 is 5.32 Å². The zero-order valence-corrected chi connectivity index (χ0v) is 9.78. The second-order valence-electron chi connectivity index (χ2n) is 3.89. The molecule has 90 valence electrons. The van der Waals surface area contributed by atoms with Gasteiger partial charge in [0.05, 0.1) is 6.10 Å². The molecule has 0 aromatic carbocycles. The lowest BCUT2D eigenvalue weighted by atomic mass is 9.96. The molecular formula is C12H19FN2O. The molecule has 0 saturated heterocycles. The summed E-state index contributed by atoms with van der Waals surface area (Å²) in [5, 5.41) is 12.9. The fourth-order valence-corrected chi connectivity index (χ4v) is 1.73. The van der Waals surface area contributed by atoms with E-state index in [9.17, 15) is 9.50 Å². The quantitative estimate of drug-likeness (QED) is 0.732. The lowest BCUT2D eigenvalue weighted by Gasteiger charge is -2.20. The molecule has 1 aromatic heterocycles. The van der Waals surface area contributed by atoms with E-state index in [2.05, 4.69) is 24.1 Å². The van der Waals surface area contributed by atoms with Crippen molar-refractivity contribution in [2.45, 2.75) is 32.8 Å². The molecule has 0 bridgehead atoms. The van der Waals surface area contributed by atoms with Crippen LogP contribution in [0.1, 0.15) is 26.7 Å². The van der Waals surface area contributed by atoms with E-state index in [-0.39, 0.29) is 0 Å². The average Bonchev–Trinajstić information content (AvgIpc) is 2.28. The molecule has 1 heterocycles. The maximum atomic E-state index is 12.8. The van der Waals surface area contributed by atoms with E-state index in [1.54, 1.807) is 6.07 Å². The van der Waals surface area contributed by atoms with Gasteiger partial charge in [-0.3, -0.25) is 0 Å². The number of hydrogen-bond acceptors (Lipinski definition) is 3. The topological polar surface area (TPSA) is 45.1 Å². The van der Waals surface area contributed by atoms with Crippen molar-refractivity contribution >= 4 is 5.69 Å². The van der Waals surface area contributed by atoms with Crippen molar-refractivity contribution in [3.8, 4) is 0 Å². The first-order valence-corrected chi connectivity index (χ1v) is 5.70. The van der Waals surface area contributed by atoms with E-state index in [0.29, 0.717) is 18.2 Å². The Morgan fingerprint density at radius 1 is 1.44 bits per heavy atom. The molecule has 1 rings (SSSR count). The maximum Gasteiger partial charge on any atom is 0.214 e. The van der Waals surface area contributed by atoms with Crippen LogP contribution in [-0.4, -0.2) is 22.7 Å². The van der Waals surface area contributed by atoms with Gasteiger partial charge in [-0.15, -0.1) is 0 Å². The van der Waals surface area contributed by atoms with E-state index >= 15 is 0 Å². The Kier molecular flexibility index (Phi) is 5.19. The standard InChI is InChI=1S/C12H19FN2O/c1-3-9(4-2)11(16)8-15-10-5-6-14-12(13)7-10/h5-7,9,11,16H,3-4,8H2,1-2H3,(H,14,15). The van der Waals surface area contributed by atoms with Gasteiger partial charge >= 0.3 is 0 Å². The number of halogens is 1. The van der Waals surface area contributed by atoms with Crippen molar-refractivity contribution in [1.29, 1.82) is 0 Å². The highest BCUT2D eigenvalue weighted by molar-refractivity contribution is 5.41. The summed E-state index contributed by atoms with van der Waals surface area (Å²) in [7, 11) is 0. The Hall–Kier alpha value is -1.16. The van der Waals surface area contributed by atoms with Gasteiger partial charge in [-0.1, -0.05) is 26.7 Å². The molecule has 1 aromatic rings. The first-order chi connectivity index (χ1) is 7.67. The van der Waals surface area contributed by atoms with Crippen LogP contribution in [-0.2, 0) is 0 Å². The number of pyridine rings is 1. The highest BCUT2D eigenvalue weighted by atomic mass is 19.1. The van der Waals surface area contributed by atoms with Crippen LogP contribution in [0.2, 0.25) is 0 Å². The zero-order chi connectivity index (χ0) is 12.0. The molecule has 0 aliphatic rings. The fourth-order valence-electron chi connectivity index (χ4n) is 1.73. The first kappa shape index (κ1) is 12.9. The molecule has 0 fully saturated rings. The minimum Gasteiger partial charge on any atom is -0.391 e. The number of aromatic nitrogens is 1. The molecule has 3 nitrogen and oxygen atoms in total. The van der Waals surface area contributed by atoms with Gasteiger partial charge in [-0.25, -0.2) is 4.98 Å². The summed E-state index contributed by atoms with van der Waals surface area (Å²) in [6.07, 6.45) is 2.90. The molecule has 0 saturated carbocycles. The third-order valence-corrected chi connectivity index (χ3v) is 2.83. The molecule has 16 heavy (non-hydrogen) atoms. The summed E-state index contributed by atoms with van der Waals surface area (Å²) in [5.41, 5.74) is 0.650. The van der Waals surface area contributed by atoms with Gasteiger partial charge in [-0.2, -0.15) is 4.39 Å². The van der Waals surface area contributed by atoms with Gasteiger partial charge < -0.3 is 10.4 Å². The van der Waals surface area contributed by atoms with E-state index in [4.69, 9.17) is 0 Å².